The number of nitrogens with one attached hydrogen (secondary N) is 2. The van der Waals surface area contributed by atoms with Crippen molar-refractivity contribution in [3.63, 3.8) is 0 Å². The SMILES string of the molecule is Cc1cc(C)cc(NC(=O)CN[C@@H](C)c2ccc(Cl)cc2)c1. The predicted molar refractivity (Wildman–Crippen MR) is 92.4 cm³/mol. The van der Waals surface area contributed by atoms with E-state index in [0.717, 1.165) is 22.4 Å². The zero-order valence-electron chi connectivity index (χ0n) is 13.1. The standard InChI is InChI=1S/C18H21ClN2O/c1-12-8-13(2)10-17(9-12)21-18(22)11-20-14(3)15-4-6-16(19)7-5-15/h4-10,14,20H,11H2,1-3H3,(H,21,22)/t14-/m0/s1. The van der Waals surface area contributed by atoms with Gasteiger partial charge in [0.15, 0.2) is 0 Å². The Balaban J connectivity index is 1.88. The zero-order valence-corrected chi connectivity index (χ0v) is 13.9. The Morgan fingerprint density at radius 1 is 1.09 bits per heavy atom. The molecular weight excluding hydrogens is 296 g/mol. The maximum Gasteiger partial charge on any atom is 0.238 e. The lowest BCUT2D eigenvalue weighted by Crippen LogP contribution is -2.30. The van der Waals surface area contributed by atoms with Crippen molar-refractivity contribution in [3.8, 4) is 0 Å². The molecule has 4 heteroatoms. The quantitative estimate of drug-likeness (QED) is 0.866. The van der Waals surface area contributed by atoms with Crippen molar-refractivity contribution in [1.82, 2.24) is 5.32 Å². The normalized spacial score (nSPS) is 12.0. The van der Waals surface area contributed by atoms with Crippen molar-refractivity contribution < 1.29 is 4.79 Å². The van der Waals surface area contributed by atoms with E-state index in [2.05, 4.69) is 16.7 Å². The molecule has 0 heterocycles. The van der Waals surface area contributed by atoms with Gasteiger partial charge >= 0.3 is 0 Å². The topological polar surface area (TPSA) is 41.1 Å². The monoisotopic (exact) mass is 316 g/mol. The number of amides is 1. The second kappa shape index (κ2) is 7.43. The lowest BCUT2D eigenvalue weighted by Gasteiger charge is -2.14. The number of rotatable bonds is 5. The van der Waals surface area contributed by atoms with E-state index in [0.29, 0.717) is 5.02 Å². The molecule has 0 aliphatic carbocycles. The molecular formula is C18H21ClN2O. The second-order valence-corrected chi connectivity index (χ2v) is 6.02. The zero-order chi connectivity index (χ0) is 16.1. The van der Waals surface area contributed by atoms with Gasteiger partial charge < -0.3 is 10.6 Å². The van der Waals surface area contributed by atoms with Crippen LogP contribution >= 0.6 is 11.6 Å². The number of hydrogen-bond donors (Lipinski definition) is 2. The van der Waals surface area contributed by atoms with Gasteiger partial charge in [-0.1, -0.05) is 29.8 Å². The van der Waals surface area contributed by atoms with E-state index in [9.17, 15) is 4.79 Å². The molecule has 0 unspecified atom stereocenters. The second-order valence-electron chi connectivity index (χ2n) is 5.58. The minimum atomic E-state index is -0.0502. The number of halogens is 1. The van der Waals surface area contributed by atoms with Crippen molar-refractivity contribution in [1.29, 1.82) is 0 Å². The Morgan fingerprint density at radius 2 is 1.68 bits per heavy atom. The van der Waals surface area contributed by atoms with Crippen molar-refractivity contribution in [2.24, 2.45) is 0 Å². The minimum Gasteiger partial charge on any atom is -0.325 e. The maximum atomic E-state index is 12.0. The molecule has 22 heavy (non-hydrogen) atoms. The van der Waals surface area contributed by atoms with Crippen molar-refractivity contribution in [3.05, 3.63) is 64.2 Å². The Kier molecular flexibility index (Phi) is 5.58. The smallest absolute Gasteiger partial charge is 0.238 e. The maximum absolute atomic E-state index is 12.0. The Labute approximate surface area is 136 Å². The molecule has 3 nitrogen and oxygen atoms in total. The molecule has 0 saturated carbocycles. The number of anilines is 1. The highest BCUT2D eigenvalue weighted by molar-refractivity contribution is 6.30. The lowest BCUT2D eigenvalue weighted by atomic mass is 10.1. The third-order valence-corrected chi connectivity index (χ3v) is 3.70. The Morgan fingerprint density at radius 3 is 2.27 bits per heavy atom. The van der Waals surface area contributed by atoms with Crippen LogP contribution in [0.1, 0.15) is 29.7 Å². The van der Waals surface area contributed by atoms with Gasteiger partial charge in [0.1, 0.15) is 0 Å². The molecule has 2 N–H and O–H groups in total. The molecule has 2 rings (SSSR count). The molecule has 0 aromatic heterocycles. The molecule has 116 valence electrons. The van der Waals surface area contributed by atoms with Crippen LogP contribution in [0.2, 0.25) is 5.02 Å². The van der Waals surface area contributed by atoms with E-state index >= 15 is 0 Å². The van der Waals surface area contributed by atoms with Gasteiger partial charge in [-0.25, -0.2) is 0 Å². The van der Waals surface area contributed by atoms with Crippen LogP contribution in [0.3, 0.4) is 0 Å². The third-order valence-electron chi connectivity index (χ3n) is 3.44. The van der Waals surface area contributed by atoms with Crippen molar-refractivity contribution in [2.45, 2.75) is 26.8 Å². The average Bonchev–Trinajstić information content (AvgIpc) is 2.44. The molecule has 0 saturated heterocycles. The summed E-state index contributed by atoms with van der Waals surface area (Å²) in [7, 11) is 0. The van der Waals surface area contributed by atoms with Crippen LogP contribution in [0.15, 0.2) is 42.5 Å². The summed E-state index contributed by atoms with van der Waals surface area (Å²) in [4.78, 5) is 12.0. The summed E-state index contributed by atoms with van der Waals surface area (Å²) >= 11 is 5.88. The van der Waals surface area contributed by atoms with Gasteiger partial charge in [0.2, 0.25) is 5.91 Å². The first-order valence-electron chi connectivity index (χ1n) is 7.31. The fourth-order valence-corrected chi connectivity index (χ4v) is 2.49. The summed E-state index contributed by atoms with van der Waals surface area (Å²) in [6.45, 7) is 6.32. The van der Waals surface area contributed by atoms with Gasteiger partial charge in [-0.15, -0.1) is 0 Å². The van der Waals surface area contributed by atoms with E-state index in [-0.39, 0.29) is 18.5 Å². The number of carbonyl (C=O) groups excluding carboxylic acids is 1. The molecule has 2 aromatic carbocycles. The van der Waals surface area contributed by atoms with Crippen LogP contribution < -0.4 is 10.6 Å². The van der Waals surface area contributed by atoms with Crippen LogP contribution in [0.4, 0.5) is 5.69 Å². The average molecular weight is 317 g/mol. The summed E-state index contributed by atoms with van der Waals surface area (Å²) < 4.78 is 0. The van der Waals surface area contributed by atoms with Crippen molar-refractivity contribution >= 4 is 23.2 Å². The number of benzene rings is 2. The fourth-order valence-electron chi connectivity index (χ4n) is 2.37. The van der Waals surface area contributed by atoms with Crippen LogP contribution in [0.25, 0.3) is 0 Å². The third kappa shape index (κ3) is 4.86. The first kappa shape index (κ1) is 16.5. The molecule has 0 aliphatic rings. The first-order chi connectivity index (χ1) is 10.4. The van der Waals surface area contributed by atoms with Gasteiger partial charge in [0.05, 0.1) is 6.54 Å². The Hall–Kier alpha value is -1.84. The highest BCUT2D eigenvalue weighted by Crippen LogP contribution is 2.16. The van der Waals surface area contributed by atoms with E-state index in [4.69, 9.17) is 11.6 Å². The van der Waals surface area contributed by atoms with E-state index in [1.165, 1.54) is 0 Å². The van der Waals surface area contributed by atoms with Crippen LogP contribution in [0, 0.1) is 13.8 Å². The summed E-state index contributed by atoms with van der Waals surface area (Å²) in [6.07, 6.45) is 0. The summed E-state index contributed by atoms with van der Waals surface area (Å²) in [5, 5.41) is 6.84. The van der Waals surface area contributed by atoms with E-state index in [1.807, 2.05) is 57.2 Å². The summed E-state index contributed by atoms with van der Waals surface area (Å²) in [5.41, 5.74) is 4.21. The van der Waals surface area contributed by atoms with Crippen LogP contribution in [0.5, 0.6) is 0 Å². The van der Waals surface area contributed by atoms with Gasteiger partial charge in [-0.3, -0.25) is 4.79 Å². The lowest BCUT2D eigenvalue weighted by molar-refractivity contribution is -0.115. The van der Waals surface area contributed by atoms with Gasteiger partial charge in [-0.2, -0.15) is 0 Å². The van der Waals surface area contributed by atoms with Gasteiger partial charge in [-0.05, 0) is 61.7 Å². The molecule has 0 spiro atoms. The number of aryl methyl sites for hydroxylation is 2. The molecule has 2 aromatic rings. The van der Waals surface area contributed by atoms with Gasteiger partial charge in [0, 0.05) is 16.8 Å². The molecule has 1 amide bonds. The largest absolute Gasteiger partial charge is 0.325 e. The molecule has 0 bridgehead atoms. The fraction of sp³-hybridized carbons (Fsp3) is 0.278. The van der Waals surface area contributed by atoms with Gasteiger partial charge in [0.25, 0.3) is 0 Å². The first-order valence-corrected chi connectivity index (χ1v) is 7.69. The van der Waals surface area contributed by atoms with E-state index in [1.54, 1.807) is 0 Å². The van der Waals surface area contributed by atoms with Crippen LogP contribution in [-0.4, -0.2) is 12.5 Å². The highest BCUT2D eigenvalue weighted by Gasteiger charge is 2.08. The highest BCUT2D eigenvalue weighted by atomic mass is 35.5. The number of carbonyl (C=O) groups is 1. The molecule has 0 aliphatic heterocycles. The Bertz CT molecular complexity index is 632. The number of hydrogen-bond acceptors (Lipinski definition) is 2. The minimum absolute atomic E-state index is 0.0502. The molecule has 0 radical (unpaired) electrons. The molecule has 1 atom stereocenters. The van der Waals surface area contributed by atoms with Crippen LogP contribution in [-0.2, 0) is 4.79 Å². The molecule has 0 fully saturated rings. The summed E-state index contributed by atoms with van der Waals surface area (Å²) in [6, 6.07) is 13.7. The van der Waals surface area contributed by atoms with E-state index < -0.39 is 0 Å². The predicted octanol–water partition coefficient (Wildman–Crippen LogP) is 4.25. The summed E-state index contributed by atoms with van der Waals surface area (Å²) in [5.74, 6) is -0.0502. The van der Waals surface area contributed by atoms with Crippen molar-refractivity contribution in [2.75, 3.05) is 11.9 Å².